The van der Waals surface area contributed by atoms with Gasteiger partial charge in [0.25, 0.3) is 5.91 Å². The maximum Gasteiger partial charge on any atom is 0.261 e. The van der Waals surface area contributed by atoms with Crippen LogP contribution in [0.5, 0.6) is 5.75 Å². The molecule has 2 rings (SSSR count). The second-order valence-electron chi connectivity index (χ2n) is 5.62. The average molecular weight is 383 g/mol. The molecule has 0 radical (unpaired) electrons. The topological polar surface area (TPSA) is 84.5 Å². The predicted octanol–water partition coefficient (Wildman–Crippen LogP) is 2.34. The molecule has 8 heteroatoms. The minimum absolute atomic E-state index is 0.161. The van der Waals surface area contributed by atoms with Gasteiger partial charge in [0.05, 0.1) is 24.3 Å². The molecular weight excluding hydrogens is 360 g/mol. The average Bonchev–Trinajstić information content (AvgIpc) is 3.02. The first-order valence-electron chi connectivity index (χ1n) is 7.77. The molecule has 0 fully saturated rings. The molecule has 2 aromatic rings. The largest absolute Gasteiger partial charge is 0.496 e. The number of hydrogen-bond donors (Lipinski definition) is 2. The Morgan fingerprint density at radius 3 is 2.64 bits per heavy atom. The zero-order valence-corrected chi connectivity index (χ0v) is 16.0. The fourth-order valence-electron chi connectivity index (χ4n) is 2.36. The molecule has 2 N–H and O–H groups in total. The van der Waals surface area contributed by atoms with E-state index in [4.69, 9.17) is 4.74 Å². The van der Waals surface area contributed by atoms with Crippen LogP contribution in [0.3, 0.4) is 0 Å². The van der Waals surface area contributed by atoms with Crippen LogP contribution in [-0.4, -0.2) is 34.2 Å². The number of carbonyl (C=O) groups is 1. The Balaban J connectivity index is 1.97. The number of sulfonamides is 1. The maximum absolute atomic E-state index is 12.4. The van der Waals surface area contributed by atoms with E-state index < -0.39 is 10.0 Å². The van der Waals surface area contributed by atoms with Crippen LogP contribution in [0, 0.1) is 0 Å². The van der Waals surface area contributed by atoms with E-state index in [2.05, 4.69) is 10.0 Å². The molecule has 0 bridgehead atoms. The lowest BCUT2D eigenvalue weighted by atomic mass is 10.1. The van der Waals surface area contributed by atoms with Crippen LogP contribution < -0.4 is 14.8 Å². The highest BCUT2D eigenvalue weighted by Crippen LogP contribution is 2.25. The molecule has 1 unspecified atom stereocenters. The molecule has 0 saturated carbocycles. The van der Waals surface area contributed by atoms with Crippen LogP contribution in [0.4, 0.5) is 0 Å². The SMILES string of the molecule is COc1ccccc1C(C)NC(=O)c1ccc(CCNS(C)(=O)=O)s1. The summed E-state index contributed by atoms with van der Waals surface area (Å²) in [6.45, 7) is 2.22. The quantitative estimate of drug-likeness (QED) is 0.734. The van der Waals surface area contributed by atoms with E-state index in [1.54, 1.807) is 13.2 Å². The van der Waals surface area contributed by atoms with Crippen molar-refractivity contribution in [2.75, 3.05) is 19.9 Å². The summed E-state index contributed by atoms with van der Waals surface area (Å²) >= 11 is 1.36. The van der Waals surface area contributed by atoms with Gasteiger partial charge < -0.3 is 10.1 Å². The van der Waals surface area contributed by atoms with Crippen molar-refractivity contribution in [1.29, 1.82) is 0 Å². The summed E-state index contributed by atoms with van der Waals surface area (Å²) in [7, 11) is -1.59. The van der Waals surface area contributed by atoms with Crippen LogP contribution in [0.15, 0.2) is 36.4 Å². The molecule has 1 amide bonds. The number of ether oxygens (including phenoxy) is 1. The first kappa shape index (κ1) is 19.4. The second kappa shape index (κ2) is 8.46. The molecule has 0 aliphatic heterocycles. The Morgan fingerprint density at radius 1 is 1.24 bits per heavy atom. The van der Waals surface area contributed by atoms with Crippen molar-refractivity contribution < 1.29 is 17.9 Å². The highest BCUT2D eigenvalue weighted by atomic mass is 32.2. The lowest BCUT2D eigenvalue weighted by Gasteiger charge is -2.16. The molecule has 6 nitrogen and oxygen atoms in total. The molecule has 1 aromatic carbocycles. The van der Waals surface area contributed by atoms with Gasteiger partial charge in [-0.2, -0.15) is 0 Å². The number of nitrogens with one attached hydrogen (secondary N) is 2. The Bertz CT molecular complexity index is 831. The highest BCUT2D eigenvalue weighted by Gasteiger charge is 2.16. The van der Waals surface area contributed by atoms with E-state index in [1.807, 2.05) is 37.3 Å². The Morgan fingerprint density at radius 2 is 1.96 bits per heavy atom. The third-order valence-electron chi connectivity index (χ3n) is 3.57. The molecule has 1 atom stereocenters. The molecular formula is C17H22N2O4S2. The standard InChI is InChI=1S/C17H22N2O4S2/c1-12(14-6-4-5-7-15(14)23-2)19-17(20)16-9-8-13(24-16)10-11-18-25(3,21)22/h4-9,12,18H,10-11H2,1-3H3,(H,19,20). The van der Waals surface area contributed by atoms with Gasteiger partial charge in [0.15, 0.2) is 0 Å². The van der Waals surface area contributed by atoms with Crippen molar-refractivity contribution in [1.82, 2.24) is 10.0 Å². The van der Waals surface area contributed by atoms with Crippen molar-refractivity contribution in [2.24, 2.45) is 0 Å². The molecule has 0 aliphatic rings. The van der Waals surface area contributed by atoms with E-state index in [-0.39, 0.29) is 11.9 Å². The van der Waals surface area contributed by atoms with E-state index >= 15 is 0 Å². The van der Waals surface area contributed by atoms with E-state index in [1.165, 1.54) is 11.3 Å². The molecule has 0 spiro atoms. The second-order valence-corrected chi connectivity index (χ2v) is 8.62. The molecule has 1 heterocycles. The lowest BCUT2D eigenvalue weighted by Crippen LogP contribution is -2.26. The van der Waals surface area contributed by atoms with Gasteiger partial charge in [0, 0.05) is 17.0 Å². The molecule has 1 aromatic heterocycles. The van der Waals surface area contributed by atoms with Gasteiger partial charge in [0.2, 0.25) is 10.0 Å². The van der Waals surface area contributed by atoms with Crippen LogP contribution in [0.1, 0.15) is 33.1 Å². The third-order valence-corrected chi connectivity index (χ3v) is 5.45. The number of methoxy groups -OCH3 is 1. The molecule has 25 heavy (non-hydrogen) atoms. The summed E-state index contributed by atoms with van der Waals surface area (Å²) in [6.07, 6.45) is 1.67. The number of rotatable bonds is 8. The number of hydrogen-bond acceptors (Lipinski definition) is 5. The smallest absolute Gasteiger partial charge is 0.261 e. The van der Waals surface area contributed by atoms with Gasteiger partial charge in [-0.1, -0.05) is 18.2 Å². The zero-order valence-electron chi connectivity index (χ0n) is 14.4. The Labute approximate surface area is 152 Å². The van der Waals surface area contributed by atoms with Gasteiger partial charge in [-0.25, -0.2) is 13.1 Å². The van der Waals surface area contributed by atoms with Crippen LogP contribution in [0.25, 0.3) is 0 Å². The lowest BCUT2D eigenvalue weighted by molar-refractivity contribution is 0.0943. The normalized spacial score (nSPS) is 12.6. The van der Waals surface area contributed by atoms with Crippen molar-refractivity contribution in [3.8, 4) is 5.75 Å². The summed E-state index contributed by atoms with van der Waals surface area (Å²) < 4.78 is 29.9. The zero-order chi connectivity index (χ0) is 18.4. The van der Waals surface area contributed by atoms with Gasteiger partial charge >= 0.3 is 0 Å². The summed E-state index contributed by atoms with van der Waals surface area (Å²) in [5.41, 5.74) is 0.910. The predicted molar refractivity (Wildman–Crippen MR) is 99.7 cm³/mol. The fourth-order valence-corrected chi connectivity index (χ4v) is 3.75. The van der Waals surface area contributed by atoms with Crippen molar-refractivity contribution >= 4 is 27.3 Å². The van der Waals surface area contributed by atoms with Crippen molar-refractivity contribution in [3.05, 3.63) is 51.7 Å². The summed E-state index contributed by atoms with van der Waals surface area (Å²) in [5.74, 6) is 0.569. The van der Waals surface area contributed by atoms with Crippen molar-refractivity contribution in [3.63, 3.8) is 0 Å². The van der Waals surface area contributed by atoms with E-state index in [9.17, 15) is 13.2 Å². The molecule has 136 valence electrons. The summed E-state index contributed by atoms with van der Waals surface area (Å²) in [5, 5.41) is 2.96. The Hall–Kier alpha value is -1.90. The third kappa shape index (κ3) is 5.84. The van der Waals surface area contributed by atoms with Gasteiger partial charge in [-0.15, -0.1) is 11.3 Å². The minimum atomic E-state index is -3.19. The van der Waals surface area contributed by atoms with Crippen LogP contribution in [-0.2, 0) is 16.4 Å². The number of carbonyl (C=O) groups excluding carboxylic acids is 1. The fraction of sp³-hybridized carbons (Fsp3) is 0.353. The van der Waals surface area contributed by atoms with Crippen LogP contribution >= 0.6 is 11.3 Å². The molecule has 0 aliphatic carbocycles. The molecule has 0 saturated heterocycles. The summed E-state index contributed by atoms with van der Waals surface area (Å²) in [6, 6.07) is 11.0. The number of benzene rings is 1. The monoisotopic (exact) mass is 382 g/mol. The minimum Gasteiger partial charge on any atom is -0.496 e. The number of thiophene rings is 1. The van der Waals surface area contributed by atoms with Gasteiger partial charge in [0.1, 0.15) is 5.75 Å². The Kier molecular flexibility index (Phi) is 6.57. The number of para-hydroxylation sites is 1. The number of amides is 1. The van der Waals surface area contributed by atoms with Crippen molar-refractivity contribution in [2.45, 2.75) is 19.4 Å². The van der Waals surface area contributed by atoms with Gasteiger partial charge in [-0.05, 0) is 31.5 Å². The summed E-state index contributed by atoms with van der Waals surface area (Å²) in [4.78, 5) is 14.0. The first-order chi connectivity index (χ1) is 11.8. The van der Waals surface area contributed by atoms with Gasteiger partial charge in [-0.3, -0.25) is 4.79 Å². The highest BCUT2D eigenvalue weighted by molar-refractivity contribution is 7.88. The van der Waals surface area contributed by atoms with E-state index in [0.29, 0.717) is 17.8 Å². The van der Waals surface area contributed by atoms with Crippen LogP contribution in [0.2, 0.25) is 0 Å². The maximum atomic E-state index is 12.4. The van der Waals surface area contributed by atoms with E-state index in [0.717, 1.165) is 22.4 Å². The first-order valence-corrected chi connectivity index (χ1v) is 10.5.